The fraction of sp³-hybridized carbons (Fsp3) is 0.111. The minimum Gasteiger partial charge on any atom is -0.449 e. The second kappa shape index (κ2) is 7.57. The van der Waals surface area contributed by atoms with Gasteiger partial charge in [0.2, 0.25) is 0 Å². The number of hydrogen-bond acceptors (Lipinski definition) is 5. The molecule has 0 radical (unpaired) electrons. The zero-order valence-electron chi connectivity index (χ0n) is 12.8. The van der Waals surface area contributed by atoms with Crippen LogP contribution >= 0.6 is 0 Å². The molecule has 0 aromatic heterocycles. The van der Waals surface area contributed by atoms with E-state index < -0.39 is 18.0 Å². The van der Waals surface area contributed by atoms with Crippen LogP contribution in [0.15, 0.2) is 48.5 Å². The Labute approximate surface area is 138 Å². The fourth-order valence-corrected chi connectivity index (χ4v) is 1.92. The molecule has 0 fully saturated rings. The summed E-state index contributed by atoms with van der Waals surface area (Å²) >= 11 is 0. The van der Waals surface area contributed by atoms with Gasteiger partial charge in [0.15, 0.2) is 6.10 Å². The topological polar surface area (TPSA) is 103 Å². The molecule has 2 aromatic carbocycles. The molecular formula is C18H13N3O3. The molecule has 0 unspecified atom stereocenters. The van der Waals surface area contributed by atoms with Gasteiger partial charge >= 0.3 is 5.97 Å². The average molecular weight is 319 g/mol. The van der Waals surface area contributed by atoms with Gasteiger partial charge in [-0.2, -0.15) is 10.5 Å². The van der Waals surface area contributed by atoms with Crippen molar-refractivity contribution in [2.24, 2.45) is 0 Å². The van der Waals surface area contributed by atoms with Crippen LogP contribution in [-0.4, -0.2) is 18.0 Å². The van der Waals surface area contributed by atoms with E-state index in [4.69, 9.17) is 15.3 Å². The number of nitrogens with zero attached hydrogens (tertiary/aromatic N) is 2. The van der Waals surface area contributed by atoms with E-state index >= 15 is 0 Å². The number of amides is 1. The molecule has 24 heavy (non-hydrogen) atoms. The third kappa shape index (κ3) is 3.96. The number of ether oxygens (including phenoxy) is 1. The predicted octanol–water partition coefficient (Wildman–Crippen LogP) is 2.61. The number of anilines is 1. The van der Waals surface area contributed by atoms with Crippen LogP contribution < -0.4 is 5.32 Å². The van der Waals surface area contributed by atoms with Crippen LogP contribution in [0.25, 0.3) is 0 Å². The van der Waals surface area contributed by atoms with Gasteiger partial charge < -0.3 is 10.1 Å². The highest BCUT2D eigenvalue weighted by atomic mass is 16.5. The Bertz CT molecular complexity index is 862. The summed E-state index contributed by atoms with van der Waals surface area (Å²) in [6.45, 7) is 1.43. The maximum atomic E-state index is 12.1. The first kappa shape index (κ1) is 16.7. The van der Waals surface area contributed by atoms with Crippen molar-refractivity contribution in [1.82, 2.24) is 0 Å². The molecule has 6 nitrogen and oxygen atoms in total. The van der Waals surface area contributed by atoms with E-state index in [1.807, 2.05) is 12.1 Å². The number of rotatable bonds is 4. The summed E-state index contributed by atoms with van der Waals surface area (Å²) in [5.41, 5.74) is 1.17. The Balaban J connectivity index is 2.05. The van der Waals surface area contributed by atoms with Crippen LogP contribution in [0.3, 0.4) is 0 Å². The maximum Gasteiger partial charge on any atom is 0.338 e. The van der Waals surface area contributed by atoms with E-state index in [9.17, 15) is 9.59 Å². The molecule has 118 valence electrons. The molecule has 1 amide bonds. The van der Waals surface area contributed by atoms with E-state index in [0.717, 1.165) is 0 Å². The number of hydrogen-bond donors (Lipinski definition) is 1. The van der Waals surface area contributed by atoms with Gasteiger partial charge in [-0.05, 0) is 37.3 Å². The maximum absolute atomic E-state index is 12.1. The minimum absolute atomic E-state index is 0.186. The Morgan fingerprint density at radius 1 is 1.08 bits per heavy atom. The summed E-state index contributed by atoms with van der Waals surface area (Å²) in [5, 5.41) is 20.4. The molecule has 2 aromatic rings. The van der Waals surface area contributed by atoms with Gasteiger partial charge in [-0.3, -0.25) is 4.79 Å². The third-order valence-corrected chi connectivity index (χ3v) is 3.19. The van der Waals surface area contributed by atoms with E-state index in [2.05, 4.69) is 5.32 Å². The number of carbonyl (C=O) groups excluding carboxylic acids is 2. The predicted molar refractivity (Wildman–Crippen MR) is 85.8 cm³/mol. The lowest BCUT2D eigenvalue weighted by Gasteiger charge is -2.14. The van der Waals surface area contributed by atoms with Crippen LogP contribution in [-0.2, 0) is 9.53 Å². The van der Waals surface area contributed by atoms with Gasteiger partial charge in [0.25, 0.3) is 5.91 Å². The Hall–Kier alpha value is -3.64. The number of nitrogens with one attached hydrogen (secondary N) is 1. The fourth-order valence-electron chi connectivity index (χ4n) is 1.92. The van der Waals surface area contributed by atoms with E-state index in [-0.39, 0.29) is 5.56 Å². The molecule has 0 heterocycles. The van der Waals surface area contributed by atoms with Gasteiger partial charge in [-0.15, -0.1) is 0 Å². The number of para-hydroxylation sites is 1. The Morgan fingerprint density at radius 3 is 2.54 bits per heavy atom. The molecule has 0 aliphatic carbocycles. The van der Waals surface area contributed by atoms with E-state index in [1.54, 1.807) is 36.4 Å². The summed E-state index contributed by atoms with van der Waals surface area (Å²) in [5.74, 6) is -1.26. The number of carbonyl (C=O) groups is 2. The first-order valence-electron chi connectivity index (χ1n) is 7.06. The van der Waals surface area contributed by atoms with Crippen molar-refractivity contribution in [3.05, 3.63) is 65.2 Å². The van der Waals surface area contributed by atoms with Crippen molar-refractivity contribution in [1.29, 1.82) is 10.5 Å². The first-order chi connectivity index (χ1) is 11.5. The second-order valence-corrected chi connectivity index (χ2v) is 4.89. The summed E-state index contributed by atoms with van der Waals surface area (Å²) in [7, 11) is 0. The van der Waals surface area contributed by atoms with Crippen molar-refractivity contribution in [2.75, 3.05) is 5.32 Å². The molecule has 0 saturated heterocycles. The van der Waals surface area contributed by atoms with Gasteiger partial charge in [0.1, 0.15) is 6.07 Å². The summed E-state index contributed by atoms with van der Waals surface area (Å²) in [6, 6.07) is 16.4. The van der Waals surface area contributed by atoms with Gasteiger partial charge in [-0.25, -0.2) is 4.79 Å². The molecule has 0 aliphatic rings. The summed E-state index contributed by atoms with van der Waals surface area (Å²) < 4.78 is 5.10. The number of nitriles is 2. The molecule has 1 N–H and O–H groups in total. The molecule has 6 heteroatoms. The molecule has 1 atom stereocenters. The molecule has 0 spiro atoms. The standard InChI is InChI=1S/C18H13N3O3/c1-12(17(22)21-16-8-3-2-6-15(16)11-20)24-18(23)14-7-4-5-13(9-14)10-19/h2-9,12H,1H3,(H,21,22)/t12-/m0/s1. The highest BCUT2D eigenvalue weighted by molar-refractivity contribution is 5.98. The second-order valence-electron chi connectivity index (χ2n) is 4.89. The molecule has 0 saturated carbocycles. The van der Waals surface area contributed by atoms with Gasteiger partial charge in [0, 0.05) is 0 Å². The summed E-state index contributed by atoms with van der Waals surface area (Å²) in [4.78, 5) is 24.2. The zero-order valence-corrected chi connectivity index (χ0v) is 12.8. The largest absolute Gasteiger partial charge is 0.449 e. The van der Waals surface area contributed by atoms with Crippen molar-refractivity contribution >= 4 is 17.6 Å². The lowest BCUT2D eigenvalue weighted by molar-refractivity contribution is -0.123. The molecule has 0 bridgehead atoms. The highest BCUT2D eigenvalue weighted by Gasteiger charge is 2.20. The smallest absolute Gasteiger partial charge is 0.338 e. The number of benzene rings is 2. The van der Waals surface area contributed by atoms with Crippen LogP contribution in [0.4, 0.5) is 5.69 Å². The lowest BCUT2D eigenvalue weighted by atomic mass is 10.1. The van der Waals surface area contributed by atoms with Gasteiger partial charge in [-0.1, -0.05) is 18.2 Å². The highest BCUT2D eigenvalue weighted by Crippen LogP contribution is 2.15. The van der Waals surface area contributed by atoms with Crippen LogP contribution in [0.1, 0.15) is 28.4 Å². The molecule has 2 rings (SSSR count). The van der Waals surface area contributed by atoms with Crippen molar-refractivity contribution in [2.45, 2.75) is 13.0 Å². The number of esters is 1. The third-order valence-electron chi connectivity index (χ3n) is 3.19. The summed E-state index contributed by atoms with van der Waals surface area (Å²) in [6.07, 6.45) is -1.06. The Kier molecular flexibility index (Phi) is 5.28. The van der Waals surface area contributed by atoms with Crippen molar-refractivity contribution in [3.8, 4) is 12.1 Å². The lowest BCUT2D eigenvalue weighted by Crippen LogP contribution is -2.30. The van der Waals surface area contributed by atoms with Crippen LogP contribution in [0.2, 0.25) is 0 Å². The molecule has 0 aliphatic heterocycles. The average Bonchev–Trinajstić information content (AvgIpc) is 2.62. The van der Waals surface area contributed by atoms with Crippen LogP contribution in [0.5, 0.6) is 0 Å². The quantitative estimate of drug-likeness (QED) is 0.872. The van der Waals surface area contributed by atoms with E-state index in [1.165, 1.54) is 19.1 Å². The first-order valence-corrected chi connectivity index (χ1v) is 7.06. The zero-order chi connectivity index (χ0) is 17.5. The van der Waals surface area contributed by atoms with Crippen molar-refractivity contribution < 1.29 is 14.3 Å². The normalized spacial score (nSPS) is 10.8. The van der Waals surface area contributed by atoms with Gasteiger partial charge in [0.05, 0.1) is 28.4 Å². The van der Waals surface area contributed by atoms with Crippen molar-refractivity contribution in [3.63, 3.8) is 0 Å². The van der Waals surface area contributed by atoms with Crippen LogP contribution in [0, 0.1) is 22.7 Å². The Morgan fingerprint density at radius 2 is 1.83 bits per heavy atom. The molecular weight excluding hydrogens is 306 g/mol. The monoisotopic (exact) mass is 319 g/mol. The van der Waals surface area contributed by atoms with E-state index in [0.29, 0.717) is 16.8 Å². The minimum atomic E-state index is -1.06. The SMILES string of the molecule is C[C@H](OC(=O)c1cccc(C#N)c1)C(=O)Nc1ccccc1C#N.